The zero-order valence-electron chi connectivity index (χ0n) is 10.1. The van der Waals surface area contributed by atoms with Crippen LogP contribution in [0.5, 0.6) is 0 Å². The monoisotopic (exact) mass is 260 g/mol. The van der Waals surface area contributed by atoms with Gasteiger partial charge in [0.05, 0.1) is 11.8 Å². The van der Waals surface area contributed by atoms with Crippen LogP contribution in [0.1, 0.15) is 37.3 Å². The fourth-order valence-electron chi connectivity index (χ4n) is 2.47. The van der Waals surface area contributed by atoms with Crippen molar-refractivity contribution in [2.75, 3.05) is 0 Å². The first-order chi connectivity index (χ1) is 8.83. The normalized spacial score (nSPS) is 24.1. The summed E-state index contributed by atoms with van der Waals surface area (Å²) in [6, 6.07) is 3.99. The van der Waals surface area contributed by atoms with Gasteiger partial charge < -0.3 is 5.11 Å². The summed E-state index contributed by atoms with van der Waals surface area (Å²) in [5.41, 5.74) is 2.33. The zero-order valence-corrected chi connectivity index (χ0v) is 10.9. The second-order valence-corrected chi connectivity index (χ2v) is 5.68. The van der Waals surface area contributed by atoms with Crippen molar-refractivity contribution in [1.29, 1.82) is 0 Å². The van der Waals surface area contributed by atoms with Gasteiger partial charge in [-0.05, 0) is 37.8 Å². The van der Waals surface area contributed by atoms with E-state index in [0.29, 0.717) is 5.92 Å². The number of aliphatic hydroxyl groups excluding tert-OH is 1. The molecule has 2 aromatic heterocycles. The lowest BCUT2D eigenvalue weighted by atomic mass is 9.86. The SMILES string of the molecule is OC1CCC(c2csc(-c3ccncc3)n2)CC1. The van der Waals surface area contributed by atoms with Gasteiger partial charge in [-0.3, -0.25) is 4.98 Å². The number of pyridine rings is 1. The summed E-state index contributed by atoms with van der Waals surface area (Å²) >= 11 is 1.70. The molecule has 1 aliphatic rings. The number of aliphatic hydroxyl groups is 1. The van der Waals surface area contributed by atoms with Crippen molar-refractivity contribution < 1.29 is 5.11 Å². The van der Waals surface area contributed by atoms with Gasteiger partial charge in [0.1, 0.15) is 5.01 Å². The Bertz CT molecular complexity index is 504. The molecule has 0 bridgehead atoms. The van der Waals surface area contributed by atoms with Crippen LogP contribution in [0.25, 0.3) is 10.6 Å². The van der Waals surface area contributed by atoms with Crippen LogP contribution >= 0.6 is 11.3 Å². The van der Waals surface area contributed by atoms with Crippen LogP contribution in [0.2, 0.25) is 0 Å². The molecule has 0 atom stereocenters. The molecule has 0 unspecified atom stereocenters. The molecule has 0 aromatic carbocycles. The Balaban J connectivity index is 1.78. The molecule has 0 amide bonds. The van der Waals surface area contributed by atoms with Crippen LogP contribution in [0, 0.1) is 0 Å². The maximum atomic E-state index is 9.53. The average Bonchev–Trinajstić information content (AvgIpc) is 2.90. The summed E-state index contributed by atoms with van der Waals surface area (Å²) in [4.78, 5) is 8.76. The summed E-state index contributed by atoms with van der Waals surface area (Å²) in [6.07, 6.45) is 7.43. The van der Waals surface area contributed by atoms with E-state index in [0.717, 1.165) is 36.3 Å². The Morgan fingerprint density at radius 2 is 1.83 bits per heavy atom. The van der Waals surface area contributed by atoms with Crippen molar-refractivity contribution in [2.45, 2.75) is 37.7 Å². The van der Waals surface area contributed by atoms with E-state index in [4.69, 9.17) is 4.98 Å². The zero-order chi connectivity index (χ0) is 12.4. The fourth-order valence-corrected chi connectivity index (χ4v) is 3.38. The van der Waals surface area contributed by atoms with Gasteiger partial charge in [-0.1, -0.05) is 0 Å². The van der Waals surface area contributed by atoms with Crippen LogP contribution in [-0.4, -0.2) is 21.2 Å². The molecule has 0 spiro atoms. The molecule has 1 saturated carbocycles. The quantitative estimate of drug-likeness (QED) is 0.901. The molecule has 0 aliphatic heterocycles. The first-order valence-corrected chi connectivity index (χ1v) is 7.25. The molecule has 0 radical (unpaired) electrons. The number of thiazole rings is 1. The van der Waals surface area contributed by atoms with Gasteiger partial charge >= 0.3 is 0 Å². The molecule has 3 nitrogen and oxygen atoms in total. The molecule has 1 N–H and O–H groups in total. The van der Waals surface area contributed by atoms with Gasteiger partial charge in [-0.2, -0.15) is 0 Å². The first-order valence-electron chi connectivity index (χ1n) is 6.37. The number of hydrogen-bond acceptors (Lipinski definition) is 4. The lowest BCUT2D eigenvalue weighted by molar-refractivity contribution is 0.122. The van der Waals surface area contributed by atoms with E-state index in [9.17, 15) is 5.11 Å². The topological polar surface area (TPSA) is 46.0 Å². The summed E-state index contributed by atoms with van der Waals surface area (Å²) in [5.74, 6) is 0.528. The van der Waals surface area contributed by atoms with Gasteiger partial charge in [-0.25, -0.2) is 4.98 Å². The molecule has 1 fully saturated rings. The van der Waals surface area contributed by atoms with Crippen molar-refractivity contribution >= 4 is 11.3 Å². The Hall–Kier alpha value is -1.26. The van der Waals surface area contributed by atoms with Gasteiger partial charge in [0.25, 0.3) is 0 Å². The largest absolute Gasteiger partial charge is 0.393 e. The highest BCUT2D eigenvalue weighted by Crippen LogP contribution is 2.35. The predicted molar refractivity (Wildman–Crippen MR) is 72.6 cm³/mol. The molecule has 94 valence electrons. The van der Waals surface area contributed by atoms with Gasteiger partial charge in [0.2, 0.25) is 0 Å². The highest BCUT2D eigenvalue weighted by Gasteiger charge is 2.22. The highest BCUT2D eigenvalue weighted by atomic mass is 32.1. The van der Waals surface area contributed by atoms with Crippen LogP contribution in [-0.2, 0) is 0 Å². The molecule has 0 saturated heterocycles. The standard InChI is InChI=1S/C14H16N2OS/c17-12-3-1-10(2-4-12)13-9-18-14(16-13)11-5-7-15-8-6-11/h5-10,12,17H,1-4H2. The van der Waals surface area contributed by atoms with Crippen LogP contribution in [0.15, 0.2) is 29.9 Å². The van der Waals surface area contributed by atoms with E-state index < -0.39 is 0 Å². The van der Waals surface area contributed by atoms with E-state index in [1.54, 1.807) is 23.7 Å². The lowest BCUT2D eigenvalue weighted by Gasteiger charge is -2.23. The molecular weight excluding hydrogens is 244 g/mol. The van der Waals surface area contributed by atoms with Crippen LogP contribution in [0.3, 0.4) is 0 Å². The minimum absolute atomic E-state index is 0.0976. The fraction of sp³-hybridized carbons (Fsp3) is 0.429. The molecule has 1 aliphatic carbocycles. The van der Waals surface area contributed by atoms with Gasteiger partial charge in [-0.15, -0.1) is 11.3 Å². The number of hydrogen-bond donors (Lipinski definition) is 1. The second kappa shape index (κ2) is 5.16. The molecule has 2 heterocycles. The summed E-state index contributed by atoms with van der Waals surface area (Å²) in [6.45, 7) is 0. The van der Waals surface area contributed by atoms with Crippen LogP contribution < -0.4 is 0 Å². The maximum absolute atomic E-state index is 9.53. The second-order valence-electron chi connectivity index (χ2n) is 4.82. The predicted octanol–water partition coefficient (Wildman–Crippen LogP) is 3.22. The third-order valence-electron chi connectivity index (χ3n) is 3.56. The van der Waals surface area contributed by atoms with Crippen molar-refractivity contribution in [1.82, 2.24) is 9.97 Å². The van der Waals surface area contributed by atoms with E-state index in [-0.39, 0.29) is 6.10 Å². The van der Waals surface area contributed by atoms with Crippen molar-refractivity contribution in [3.63, 3.8) is 0 Å². The third-order valence-corrected chi connectivity index (χ3v) is 4.47. The lowest BCUT2D eigenvalue weighted by Crippen LogP contribution is -2.17. The maximum Gasteiger partial charge on any atom is 0.123 e. The Morgan fingerprint density at radius 3 is 2.56 bits per heavy atom. The van der Waals surface area contributed by atoms with Crippen molar-refractivity contribution in [2.24, 2.45) is 0 Å². The smallest absolute Gasteiger partial charge is 0.123 e. The highest BCUT2D eigenvalue weighted by molar-refractivity contribution is 7.13. The van der Waals surface area contributed by atoms with Crippen molar-refractivity contribution in [3.05, 3.63) is 35.6 Å². The Morgan fingerprint density at radius 1 is 1.11 bits per heavy atom. The Labute approximate surface area is 111 Å². The average molecular weight is 260 g/mol. The molecule has 2 aromatic rings. The van der Waals surface area contributed by atoms with Crippen molar-refractivity contribution in [3.8, 4) is 10.6 Å². The molecular formula is C14H16N2OS. The summed E-state index contributed by atoms with van der Waals surface area (Å²) < 4.78 is 0. The van der Waals surface area contributed by atoms with Crippen LogP contribution in [0.4, 0.5) is 0 Å². The van der Waals surface area contributed by atoms with E-state index in [2.05, 4.69) is 10.4 Å². The molecule has 3 rings (SSSR count). The van der Waals surface area contributed by atoms with E-state index in [1.807, 2.05) is 12.1 Å². The summed E-state index contributed by atoms with van der Waals surface area (Å²) in [5, 5.41) is 12.8. The first kappa shape index (κ1) is 11.8. The minimum Gasteiger partial charge on any atom is -0.393 e. The molecule has 4 heteroatoms. The number of rotatable bonds is 2. The minimum atomic E-state index is -0.0976. The Kier molecular flexibility index (Phi) is 3.39. The number of nitrogens with zero attached hydrogens (tertiary/aromatic N) is 2. The van der Waals surface area contributed by atoms with Gasteiger partial charge in [0.15, 0.2) is 0 Å². The molecule has 18 heavy (non-hydrogen) atoms. The summed E-state index contributed by atoms with van der Waals surface area (Å²) in [7, 11) is 0. The number of aromatic nitrogens is 2. The van der Waals surface area contributed by atoms with E-state index >= 15 is 0 Å². The van der Waals surface area contributed by atoms with E-state index in [1.165, 1.54) is 5.69 Å². The third kappa shape index (κ3) is 2.44. The van der Waals surface area contributed by atoms with Gasteiger partial charge in [0, 0.05) is 29.3 Å².